The van der Waals surface area contributed by atoms with Crippen LogP contribution in [-0.4, -0.2) is 34.3 Å². The molecule has 0 fully saturated rings. The van der Waals surface area contributed by atoms with Crippen LogP contribution in [0.5, 0.6) is 0 Å². The molecule has 0 spiro atoms. The second kappa shape index (κ2) is 8.84. The molecule has 0 saturated heterocycles. The van der Waals surface area contributed by atoms with Gasteiger partial charge in [0.05, 0.1) is 0 Å². The first-order valence-corrected chi connectivity index (χ1v) is 9.13. The number of hydrogen-bond acceptors (Lipinski definition) is 7. The van der Waals surface area contributed by atoms with Crippen molar-refractivity contribution < 1.29 is 95.6 Å². The average Bonchev–Trinajstić information content (AvgIpc) is 1.64. The molecule has 0 radical (unpaired) electrons. The number of rotatable bonds is 4. The molecular weight excluding hydrogens is 371 g/mol. The minimum atomic E-state index is -5.30. The first kappa shape index (κ1) is 25.5. The summed E-state index contributed by atoms with van der Waals surface area (Å²) in [6.07, 6.45) is 0. The first-order valence-electron chi connectivity index (χ1n) is 3.04. The minimum Gasteiger partial charge on any atom is -0.756 e. The summed E-state index contributed by atoms with van der Waals surface area (Å²) in [6.45, 7) is 0. The van der Waals surface area contributed by atoms with Gasteiger partial charge in [0, 0.05) is 0 Å². The van der Waals surface area contributed by atoms with Gasteiger partial charge in [-0.25, -0.2) is 18.0 Å². The number of hydrogen-bond donors (Lipinski definition) is 7. The van der Waals surface area contributed by atoms with Crippen LogP contribution in [0, 0.1) is 0 Å². The third-order valence-electron chi connectivity index (χ3n) is 0.422. The standard InChI is InChI=1S/Na.2H4O7P2/c;2*1-8(2,3)7-9(4,5)6/h;2*(H2,1,2,3)(H2,4,5,6)/q+1;;/p-1. The van der Waals surface area contributed by atoms with E-state index in [-0.39, 0.29) is 29.6 Å². The van der Waals surface area contributed by atoms with Gasteiger partial charge in [-0.2, -0.15) is 4.31 Å². The third-order valence-corrected chi connectivity index (χ3v) is 3.80. The van der Waals surface area contributed by atoms with Gasteiger partial charge in [-0.3, -0.25) is 4.57 Å². The van der Waals surface area contributed by atoms with E-state index in [0.29, 0.717) is 0 Å². The van der Waals surface area contributed by atoms with Crippen LogP contribution in [0.1, 0.15) is 0 Å². The normalized spacial score (nSPS) is 15.6. The molecule has 0 aromatic carbocycles. The summed E-state index contributed by atoms with van der Waals surface area (Å²) in [7, 11) is -20.5. The average molecular weight is 378 g/mol. The van der Waals surface area contributed by atoms with E-state index in [1.807, 2.05) is 0 Å². The smallest absolute Gasteiger partial charge is 0.756 e. The Morgan fingerprint density at radius 3 is 0.842 bits per heavy atom. The van der Waals surface area contributed by atoms with Crippen LogP contribution in [-0.2, 0) is 26.9 Å². The molecule has 0 aliphatic rings. The van der Waals surface area contributed by atoms with E-state index >= 15 is 0 Å². The Kier molecular flexibility index (Phi) is 11.9. The first-order chi connectivity index (χ1) is 7.41. The monoisotopic (exact) mass is 378 g/mol. The van der Waals surface area contributed by atoms with Crippen molar-refractivity contribution in [2.45, 2.75) is 0 Å². The summed E-state index contributed by atoms with van der Waals surface area (Å²) in [5, 5.41) is 0. The Morgan fingerprint density at radius 1 is 0.632 bits per heavy atom. The van der Waals surface area contributed by atoms with Gasteiger partial charge in [0.1, 0.15) is 0 Å². The van der Waals surface area contributed by atoms with E-state index < -0.39 is 31.3 Å². The summed E-state index contributed by atoms with van der Waals surface area (Å²) in [6, 6.07) is 0. The fraction of sp³-hybridized carbons (Fsp3) is 0. The zero-order valence-corrected chi connectivity index (χ0v) is 14.4. The second-order valence-electron chi connectivity index (χ2n) is 2.10. The quantitative estimate of drug-likeness (QED) is 0.178. The van der Waals surface area contributed by atoms with E-state index in [2.05, 4.69) is 8.62 Å². The molecule has 19 heavy (non-hydrogen) atoms. The molecule has 7 N–H and O–H groups in total. The van der Waals surface area contributed by atoms with E-state index in [0.717, 1.165) is 0 Å². The molecule has 0 aromatic rings. The molecule has 0 bridgehead atoms. The molecule has 19 heteroatoms. The van der Waals surface area contributed by atoms with E-state index in [9.17, 15) is 23.2 Å². The third kappa shape index (κ3) is 32.8. The van der Waals surface area contributed by atoms with Crippen molar-refractivity contribution in [1.82, 2.24) is 0 Å². The maximum absolute atomic E-state index is 9.63. The van der Waals surface area contributed by atoms with Gasteiger partial charge in [0.25, 0.3) is 7.82 Å². The fourth-order valence-corrected chi connectivity index (χ4v) is 2.46. The predicted molar refractivity (Wildman–Crippen MR) is 48.1 cm³/mol. The molecule has 0 saturated carbocycles. The molecule has 0 amide bonds. The van der Waals surface area contributed by atoms with Crippen molar-refractivity contribution in [3.8, 4) is 0 Å². The van der Waals surface area contributed by atoms with E-state index in [1.165, 1.54) is 0 Å². The van der Waals surface area contributed by atoms with Crippen LogP contribution >= 0.6 is 31.3 Å². The van der Waals surface area contributed by atoms with Gasteiger partial charge in [0.15, 0.2) is 0 Å². The Labute approximate surface area is 127 Å². The van der Waals surface area contributed by atoms with Crippen LogP contribution in [0.25, 0.3) is 0 Å². The van der Waals surface area contributed by atoms with Crippen molar-refractivity contribution in [1.29, 1.82) is 0 Å². The van der Waals surface area contributed by atoms with E-state index in [4.69, 9.17) is 34.3 Å². The predicted octanol–water partition coefficient (Wildman–Crippen LogP) is -5.25. The zero-order chi connectivity index (χ0) is 15.4. The SMILES string of the molecule is O=P(O)(O)OP(=O)(O)O.O=P([O-])(O)OP(=O)(O)O.[Na+]. The molecule has 0 aliphatic carbocycles. The van der Waals surface area contributed by atoms with Gasteiger partial charge in [0.2, 0.25) is 0 Å². The summed E-state index contributed by atoms with van der Waals surface area (Å²) in [4.78, 5) is 63.6. The summed E-state index contributed by atoms with van der Waals surface area (Å²) in [5.41, 5.74) is 0. The summed E-state index contributed by atoms with van der Waals surface area (Å²) in [5.74, 6) is 0. The van der Waals surface area contributed by atoms with Gasteiger partial charge >= 0.3 is 53.0 Å². The molecule has 1 unspecified atom stereocenters. The maximum atomic E-state index is 9.63. The molecule has 0 aliphatic heterocycles. The van der Waals surface area contributed by atoms with Crippen molar-refractivity contribution >= 4 is 31.3 Å². The molecule has 14 nitrogen and oxygen atoms in total. The summed E-state index contributed by atoms with van der Waals surface area (Å²) >= 11 is 0. The van der Waals surface area contributed by atoms with Crippen molar-refractivity contribution in [2.24, 2.45) is 0 Å². The van der Waals surface area contributed by atoms with Gasteiger partial charge < -0.3 is 39.1 Å². The maximum Gasteiger partial charge on any atom is 1.00 e. The van der Waals surface area contributed by atoms with Crippen molar-refractivity contribution in [2.75, 3.05) is 0 Å². The van der Waals surface area contributed by atoms with Gasteiger partial charge in [-0.15, -0.1) is 0 Å². The summed E-state index contributed by atoms with van der Waals surface area (Å²) < 4.78 is 44.2. The van der Waals surface area contributed by atoms with Gasteiger partial charge in [-0.05, 0) is 0 Å². The molecule has 0 rings (SSSR count). The second-order valence-corrected chi connectivity index (χ2v) is 7.29. The van der Waals surface area contributed by atoms with Crippen LogP contribution < -0.4 is 34.5 Å². The molecular formula is H7NaO14P4. The topological polar surface area (TPSA) is 251 Å². The van der Waals surface area contributed by atoms with Crippen LogP contribution in [0.2, 0.25) is 0 Å². The van der Waals surface area contributed by atoms with Gasteiger partial charge in [-0.1, -0.05) is 0 Å². The molecule has 0 heterocycles. The minimum absolute atomic E-state index is 0. The Hall–Kier alpha value is 1.52. The number of phosphoric acid groups is 4. The fourth-order valence-electron chi connectivity index (χ4n) is 0.273. The van der Waals surface area contributed by atoms with E-state index in [1.54, 1.807) is 0 Å². The molecule has 112 valence electrons. The molecule has 1 atom stereocenters. The van der Waals surface area contributed by atoms with Crippen LogP contribution in [0.4, 0.5) is 0 Å². The zero-order valence-electron chi connectivity index (χ0n) is 8.78. The Balaban J connectivity index is -0.000000256. The molecule has 0 aromatic heterocycles. The Morgan fingerprint density at radius 2 is 0.842 bits per heavy atom. The largest absolute Gasteiger partial charge is 1.00 e. The Bertz CT molecular complexity index is 342. The van der Waals surface area contributed by atoms with Crippen molar-refractivity contribution in [3.63, 3.8) is 0 Å². The van der Waals surface area contributed by atoms with Crippen molar-refractivity contribution in [3.05, 3.63) is 0 Å². The van der Waals surface area contributed by atoms with Crippen LogP contribution in [0.15, 0.2) is 0 Å². The van der Waals surface area contributed by atoms with Crippen LogP contribution in [0.3, 0.4) is 0 Å².